The van der Waals surface area contributed by atoms with Crippen molar-refractivity contribution in [3.63, 3.8) is 0 Å². The first-order chi connectivity index (χ1) is 9.11. The van der Waals surface area contributed by atoms with Crippen molar-refractivity contribution in [2.45, 2.75) is 58.4 Å². The lowest BCUT2D eigenvalue weighted by molar-refractivity contribution is 0.160. The summed E-state index contributed by atoms with van der Waals surface area (Å²) in [6.45, 7) is 4.84. The highest BCUT2D eigenvalue weighted by molar-refractivity contribution is 5.14. The van der Waals surface area contributed by atoms with Gasteiger partial charge in [-0.25, -0.2) is 0 Å². The molecule has 1 N–H and O–H groups in total. The SMILES string of the molecule is CNC(CCc1ccccc1)C1CCC(C)(C)CC1. The van der Waals surface area contributed by atoms with E-state index in [2.05, 4.69) is 56.5 Å². The molecule has 1 fully saturated rings. The monoisotopic (exact) mass is 259 g/mol. The zero-order valence-corrected chi connectivity index (χ0v) is 12.8. The Morgan fingerprint density at radius 3 is 2.37 bits per heavy atom. The molecule has 0 heterocycles. The average molecular weight is 259 g/mol. The van der Waals surface area contributed by atoms with Crippen LogP contribution in [0.3, 0.4) is 0 Å². The number of aryl methyl sites for hydroxylation is 1. The first-order valence-corrected chi connectivity index (χ1v) is 7.82. The second-order valence-corrected chi connectivity index (χ2v) is 6.92. The smallest absolute Gasteiger partial charge is 0.00954 e. The molecule has 1 aliphatic rings. The summed E-state index contributed by atoms with van der Waals surface area (Å²) < 4.78 is 0. The Labute approximate surface area is 118 Å². The molecule has 0 aliphatic heterocycles. The molecule has 0 saturated heterocycles. The lowest BCUT2D eigenvalue weighted by atomic mass is 9.70. The van der Waals surface area contributed by atoms with E-state index in [4.69, 9.17) is 0 Å². The normalized spacial score (nSPS) is 21.2. The Hall–Kier alpha value is -0.820. The van der Waals surface area contributed by atoms with Crippen LogP contribution in [-0.2, 0) is 6.42 Å². The van der Waals surface area contributed by atoms with Gasteiger partial charge in [-0.15, -0.1) is 0 Å². The number of rotatable bonds is 5. The van der Waals surface area contributed by atoms with Gasteiger partial charge in [0.05, 0.1) is 0 Å². The molecule has 1 nitrogen and oxygen atoms in total. The summed E-state index contributed by atoms with van der Waals surface area (Å²) in [5.74, 6) is 0.877. The van der Waals surface area contributed by atoms with E-state index in [1.807, 2.05) is 0 Å². The van der Waals surface area contributed by atoms with Crippen molar-refractivity contribution in [1.29, 1.82) is 0 Å². The molecule has 19 heavy (non-hydrogen) atoms. The zero-order chi connectivity index (χ0) is 13.7. The van der Waals surface area contributed by atoms with Crippen molar-refractivity contribution in [3.8, 4) is 0 Å². The summed E-state index contributed by atoms with van der Waals surface area (Å²) in [5.41, 5.74) is 2.05. The minimum atomic E-state index is 0.578. The molecule has 0 radical (unpaired) electrons. The van der Waals surface area contributed by atoms with Gasteiger partial charge in [0, 0.05) is 6.04 Å². The van der Waals surface area contributed by atoms with Crippen LogP contribution < -0.4 is 5.32 Å². The third-order valence-corrected chi connectivity index (χ3v) is 4.91. The molecule has 0 aromatic heterocycles. The van der Waals surface area contributed by atoms with Crippen LogP contribution in [0.4, 0.5) is 0 Å². The Bertz CT molecular complexity index is 359. The van der Waals surface area contributed by atoms with Crippen LogP contribution in [0.1, 0.15) is 51.5 Å². The second-order valence-electron chi connectivity index (χ2n) is 6.92. The summed E-state index contributed by atoms with van der Waals surface area (Å²) in [7, 11) is 2.13. The minimum absolute atomic E-state index is 0.578. The van der Waals surface area contributed by atoms with E-state index in [9.17, 15) is 0 Å². The molecule has 1 aliphatic carbocycles. The molecule has 106 valence electrons. The summed E-state index contributed by atoms with van der Waals surface area (Å²) in [4.78, 5) is 0. The van der Waals surface area contributed by atoms with Crippen LogP contribution in [0.2, 0.25) is 0 Å². The summed E-state index contributed by atoms with van der Waals surface area (Å²) in [5, 5.41) is 3.57. The van der Waals surface area contributed by atoms with Crippen molar-refractivity contribution < 1.29 is 0 Å². The van der Waals surface area contributed by atoms with E-state index in [1.54, 1.807) is 0 Å². The lowest BCUT2D eigenvalue weighted by Gasteiger charge is -2.38. The molecule has 2 rings (SSSR count). The van der Waals surface area contributed by atoms with Gasteiger partial charge < -0.3 is 5.32 Å². The van der Waals surface area contributed by atoms with Crippen LogP contribution in [-0.4, -0.2) is 13.1 Å². The first-order valence-electron chi connectivity index (χ1n) is 7.82. The third-order valence-electron chi connectivity index (χ3n) is 4.91. The molecule has 1 atom stereocenters. The van der Waals surface area contributed by atoms with Crippen molar-refractivity contribution >= 4 is 0 Å². The van der Waals surface area contributed by atoms with Crippen LogP contribution in [0, 0.1) is 11.3 Å². The van der Waals surface area contributed by atoms with Gasteiger partial charge in [-0.1, -0.05) is 44.2 Å². The standard InChI is InChI=1S/C18H29N/c1-18(2)13-11-16(12-14-18)17(19-3)10-9-15-7-5-4-6-8-15/h4-8,16-17,19H,9-14H2,1-3H3. The predicted octanol–water partition coefficient (Wildman–Crippen LogP) is 4.42. The molecule has 1 heteroatoms. The van der Waals surface area contributed by atoms with Crippen LogP contribution in [0.15, 0.2) is 30.3 Å². The molecule has 1 aromatic rings. The number of benzene rings is 1. The highest BCUT2D eigenvalue weighted by Crippen LogP contribution is 2.39. The van der Waals surface area contributed by atoms with Crippen LogP contribution >= 0.6 is 0 Å². The zero-order valence-electron chi connectivity index (χ0n) is 12.8. The van der Waals surface area contributed by atoms with E-state index in [0.717, 1.165) is 5.92 Å². The molecular formula is C18H29N. The van der Waals surface area contributed by atoms with Gasteiger partial charge in [0.25, 0.3) is 0 Å². The van der Waals surface area contributed by atoms with E-state index in [0.29, 0.717) is 11.5 Å². The van der Waals surface area contributed by atoms with Gasteiger partial charge >= 0.3 is 0 Å². The topological polar surface area (TPSA) is 12.0 Å². The predicted molar refractivity (Wildman–Crippen MR) is 83.3 cm³/mol. The van der Waals surface area contributed by atoms with E-state index in [1.165, 1.54) is 44.1 Å². The summed E-state index contributed by atoms with van der Waals surface area (Å²) in [6, 6.07) is 11.6. The fourth-order valence-electron chi connectivity index (χ4n) is 3.41. The van der Waals surface area contributed by atoms with Crippen molar-refractivity contribution in [3.05, 3.63) is 35.9 Å². The maximum Gasteiger partial charge on any atom is 0.00954 e. The molecule has 1 unspecified atom stereocenters. The fourth-order valence-corrected chi connectivity index (χ4v) is 3.41. The maximum atomic E-state index is 3.57. The van der Waals surface area contributed by atoms with Crippen LogP contribution in [0.25, 0.3) is 0 Å². The fraction of sp³-hybridized carbons (Fsp3) is 0.667. The van der Waals surface area contributed by atoms with Gasteiger partial charge in [0.15, 0.2) is 0 Å². The Morgan fingerprint density at radius 2 is 1.79 bits per heavy atom. The molecule has 1 saturated carbocycles. The molecule has 1 aromatic carbocycles. The lowest BCUT2D eigenvalue weighted by Crippen LogP contribution is -2.37. The van der Waals surface area contributed by atoms with Gasteiger partial charge in [0.2, 0.25) is 0 Å². The van der Waals surface area contributed by atoms with E-state index in [-0.39, 0.29) is 0 Å². The third kappa shape index (κ3) is 4.35. The quantitative estimate of drug-likeness (QED) is 0.825. The first kappa shape index (κ1) is 14.6. The van der Waals surface area contributed by atoms with Crippen molar-refractivity contribution in [1.82, 2.24) is 5.32 Å². The average Bonchev–Trinajstić information content (AvgIpc) is 2.42. The maximum absolute atomic E-state index is 3.57. The molecule has 0 bridgehead atoms. The molecule has 0 spiro atoms. The molecular weight excluding hydrogens is 230 g/mol. The Morgan fingerprint density at radius 1 is 1.16 bits per heavy atom. The number of nitrogens with one attached hydrogen (secondary N) is 1. The highest BCUT2D eigenvalue weighted by Gasteiger charge is 2.30. The molecule has 0 amide bonds. The Balaban J connectivity index is 1.84. The van der Waals surface area contributed by atoms with Crippen LogP contribution in [0.5, 0.6) is 0 Å². The van der Waals surface area contributed by atoms with Gasteiger partial charge in [-0.2, -0.15) is 0 Å². The number of hydrogen-bond acceptors (Lipinski definition) is 1. The summed E-state index contributed by atoms with van der Waals surface area (Å²) in [6.07, 6.45) is 8.04. The minimum Gasteiger partial charge on any atom is -0.317 e. The van der Waals surface area contributed by atoms with E-state index >= 15 is 0 Å². The highest BCUT2D eigenvalue weighted by atomic mass is 14.9. The Kier molecular flexibility index (Phi) is 5.04. The van der Waals surface area contributed by atoms with Gasteiger partial charge in [-0.3, -0.25) is 0 Å². The largest absolute Gasteiger partial charge is 0.317 e. The van der Waals surface area contributed by atoms with Crippen molar-refractivity contribution in [2.24, 2.45) is 11.3 Å². The second kappa shape index (κ2) is 6.56. The van der Waals surface area contributed by atoms with E-state index < -0.39 is 0 Å². The number of hydrogen-bond donors (Lipinski definition) is 1. The summed E-state index contributed by atoms with van der Waals surface area (Å²) >= 11 is 0. The van der Waals surface area contributed by atoms with Gasteiger partial charge in [0.1, 0.15) is 0 Å². The van der Waals surface area contributed by atoms with Crippen molar-refractivity contribution in [2.75, 3.05) is 7.05 Å². The van der Waals surface area contributed by atoms with Gasteiger partial charge in [-0.05, 0) is 62.5 Å².